The fourth-order valence-electron chi connectivity index (χ4n) is 4.08. The van der Waals surface area contributed by atoms with Crippen LogP contribution in [0.1, 0.15) is 24.6 Å². The van der Waals surface area contributed by atoms with Gasteiger partial charge in [0.15, 0.2) is 11.6 Å². The molecule has 0 aliphatic carbocycles. The highest BCUT2D eigenvalue weighted by molar-refractivity contribution is 6.34. The van der Waals surface area contributed by atoms with Gasteiger partial charge in [-0.3, -0.25) is 4.98 Å². The van der Waals surface area contributed by atoms with E-state index < -0.39 is 5.82 Å². The highest BCUT2D eigenvalue weighted by Gasteiger charge is 2.19. The molecule has 10 nitrogen and oxygen atoms in total. The van der Waals surface area contributed by atoms with Gasteiger partial charge in [-0.2, -0.15) is 15.2 Å². The number of anilines is 4. The molecule has 37 heavy (non-hydrogen) atoms. The molecule has 0 radical (unpaired) electrons. The van der Waals surface area contributed by atoms with E-state index in [1.807, 2.05) is 35.2 Å². The first-order valence-corrected chi connectivity index (χ1v) is 12.4. The number of aromatic nitrogens is 3. The molecule has 192 valence electrons. The van der Waals surface area contributed by atoms with E-state index in [0.717, 1.165) is 41.8 Å². The number of nitrogens with zero attached hydrogens (tertiary/aromatic N) is 6. The van der Waals surface area contributed by atoms with Crippen LogP contribution in [-0.4, -0.2) is 59.7 Å². The molecule has 0 spiro atoms. The maximum absolute atomic E-state index is 14.2. The molecule has 0 bridgehead atoms. The summed E-state index contributed by atoms with van der Waals surface area (Å²) >= 11 is 6.56. The summed E-state index contributed by atoms with van der Waals surface area (Å²) in [4.78, 5) is 14.4. The van der Waals surface area contributed by atoms with Gasteiger partial charge in [-0.1, -0.05) is 18.5 Å². The average molecular weight is 524 g/mol. The topological polar surface area (TPSA) is 112 Å². The molecule has 0 saturated carbocycles. The molecule has 2 aliphatic heterocycles. The zero-order valence-electron chi connectivity index (χ0n) is 20.3. The molecule has 0 amide bonds. The van der Waals surface area contributed by atoms with E-state index in [9.17, 15) is 4.39 Å². The fraction of sp³-hybridized carbons (Fsp3) is 0.320. The van der Waals surface area contributed by atoms with Crippen molar-refractivity contribution < 1.29 is 9.13 Å². The Morgan fingerprint density at radius 3 is 2.76 bits per heavy atom. The minimum atomic E-state index is -0.480. The summed E-state index contributed by atoms with van der Waals surface area (Å²) in [6.07, 6.45) is 5.40. The van der Waals surface area contributed by atoms with Crippen molar-refractivity contribution in [1.29, 1.82) is 0 Å². The number of pyridine rings is 1. The van der Waals surface area contributed by atoms with Crippen LogP contribution in [0.5, 0.6) is 0 Å². The summed E-state index contributed by atoms with van der Waals surface area (Å²) in [7, 11) is 0. The molecular formula is C25H27ClFN9O. The third-order valence-electron chi connectivity index (χ3n) is 6.07. The van der Waals surface area contributed by atoms with Crippen LogP contribution in [0.3, 0.4) is 0 Å². The van der Waals surface area contributed by atoms with E-state index in [1.165, 1.54) is 6.21 Å². The quantitative estimate of drug-likeness (QED) is 0.314. The second kappa shape index (κ2) is 11.5. The highest BCUT2D eigenvalue weighted by Crippen LogP contribution is 2.27. The Morgan fingerprint density at radius 2 is 2.00 bits per heavy atom. The van der Waals surface area contributed by atoms with Crippen molar-refractivity contribution in [2.24, 2.45) is 16.1 Å². The molecule has 2 aromatic heterocycles. The molecule has 4 heterocycles. The van der Waals surface area contributed by atoms with Crippen LogP contribution in [0, 0.1) is 11.7 Å². The number of nitrogens with one attached hydrogen (secondary N) is 3. The molecule has 1 unspecified atom stereocenters. The van der Waals surface area contributed by atoms with Crippen LogP contribution in [0.25, 0.3) is 0 Å². The Bertz CT molecular complexity index is 1300. The fourth-order valence-corrected chi connectivity index (χ4v) is 4.36. The zero-order valence-corrected chi connectivity index (χ0v) is 21.0. The van der Waals surface area contributed by atoms with E-state index in [2.05, 4.69) is 48.2 Å². The normalized spacial score (nSPS) is 17.9. The maximum Gasteiger partial charge on any atom is 0.245 e. The molecule has 5 rings (SSSR count). The van der Waals surface area contributed by atoms with Crippen molar-refractivity contribution in [2.45, 2.75) is 13.3 Å². The van der Waals surface area contributed by atoms with Crippen molar-refractivity contribution >= 4 is 46.7 Å². The van der Waals surface area contributed by atoms with Crippen molar-refractivity contribution in [3.05, 3.63) is 64.8 Å². The summed E-state index contributed by atoms with van der Waals surface area (Å²) in [6, 6.07) is 9.54. The maximum atomic E-state index is 14.2. The number of benzene rings is 1. The molecule has 12 heteroatoms. The lowest BCUT2D eigenvalue weighted by Crippen LogP contribution is -2.37. The van der Waals surface area contributed by atoms with Crippen LogP contribution >= 0.6 is 11.6 Å². The van der Waals surface area contributed by atoms with Crippen molar-refractivity contribution in [3.63, 3.8) is 0 Å². The number of hydrogen-bond donors (Lipinski definition) is 3. The van der Waals surface area contributed by atoms with E-state index in [0.29, 0.717) is 42.9 Å². The van der Waals surface area contributed by atoms with Gasteiger partial charge in [0.2, 0.25) is 5.95 Å². The smallest absolute Gasteiger partial charge is 0.245 e. The molecule has 2 aliphatic rings. The van der Waals surface area contributed by atoms with Crippen molar-refractivity contribution in [2.75, 3.05) is 48.5 Å². The van der Waals surface area contributed by atoms with Gasteiger partial charge in [-0.25, -0.2) is 14.8 Å². The molecule has 1 saturated heterocycles. The molecule has 3 aromatic rings. The van der Waals surface area contributed by atoms with Gasteiger partial charge >= 0.3 is 0 Å². The Kier molecular flexibility index (Phi) is 7.71. The van der Waals surface area contributed by atoms with Crippen LogP contribution in [0.4, 0.5) is 27.5 Å². The minimum absolute atomic E-state index is 0.196. The third-order valence-corrected chi connectivity index (χ3v) is 6.39. The summed E-state index contributed by atoms with van der Waals surface area (Å²) < 4.78 is 19.5. The summed E-state index contributed by atoms with van der Waals surface area (Å²) in [5, 5.41) is 12.5. The Morgan fingerprint density at radius 1 is 1.16 bits per heavy atom. The number of halogens is 2. The lowest BCUT2D eigenvalue weighted by atomic mass is 9.94. The number of ether oxygens (including phenoxy) is 1. The Balaban J connectivity index is 1.19. The van der Waals surface area contributed by atoms with Gasteiger partial charge in [0, 0.05) is 36.8 Å². The second-order valence-corrected chi connectivity index (χ2v) is 9.13. The van der Waals surface area contributed by atoms with Gasteiger partial charge in [-0.15, -0.1) is 0 Å². The largest absolute Gasteiger partial charge is 0.378 e. The van der Waals surface area contributed by atoms with Crippen LogP contribution in [-0.2, 0) is 4.74 Å². The first kappa shape index (κ1) is 24.8. The van der Waals surface area contributed by atoms with E-state index in [4.69, 9.17) is 16.3 Å². The predicted octanol–water partition coefficient (Wildman–Crippen LogP) is 4.02. The molecular weight excluding hydrogens is 497 g/mol. The average Bonchev–Trinajstić information content (AvgIpc) is 2.92. The number of hydrogen-bond acceptors (Lipinski definition) is 10. The Hall–Kier alpha value is -3.83. The zero-order chi connectivity index (χ0) is 25.6. The van der Waals surface area contributed by atoms with Crippen LogP contribution < -0.4 is 21.1 Å². The van der Waals surface area contributed by atoms with Gasteiger partial charge in [0.05, 0.1) is 53.9 Å². The highest BCUT2D eigenvalue weighted by atomic mass is 35.5. The molecule has 3 N–H and O–H groups in total. The summed E-state index contributed by atoms with van der Waals surface area (Å²) in [6.45, 7) is 5.25. The van der Waals surface area contributed by atoms with Gasteiger partial charge in [0.25, 0.3) is 0 Å². The van der Waals surface area contributed by atoms with Crippen LogP contribution in [0.15, 0.2) is 52.9 Å². The molecule has 1 atom stereocenters. The summed E-state index contributed by atoms with van der Waals surface area (Å²) in [5.41, 5.74) is 9.98. The summed E-state index contributed by atoms with van der Waals surface area (Å²) in [5.74, 6) is 0.302. The number of hydrazone groups is 2. The first-order chi connectivity index (χ1) is 18.1. The molecule has 1 aromatic carbocycles. The van der Waals surface area contributed by atoms with E-state index in [-0.39, 0.29) is 11.8 Å². The third kappa shape index (κ3) is 6.12. The monoisotopic (exact) mass is 523 g/mol. The van der Waals surface area contributed by atoms with E-state index >= 15 is 0 Å². The van der Waals surface area contributed by atoms with Crippen molar-refractivity contribution in [1.82, 2.24) is 20.4 Å². The lowest BCUT2D eigenvalue weighted by molar-refractivity contribution is 0.122. The number of rotatable bonds is 7. The standard InChI is InChI=1S/C25H27ClFN9O/c1-16-6-7-30-34-23(16)20-5-4-17(12-21(20)26)32-19-3-2-18(28-13-19)14-31-35-25-29-15-22(27)24(33-25)36-8-10-37-11-9-36/h2-5,12-16,30,32H,6-11H2,1H3,(H,29,33,35)/b31-14+. The van der Waals surface area contributed by atoms with Gasteiger partial charge in [-0.05, 0) is 36.8 Å². The van der Waals surface area contributed by atoms with Crippen molar-refractivity contribution in [3.8, 4) is 0 Å². The van der Waals surface area contributed by atoms with Gasteiger partial charge < -0.3 is 20.4 Å². The predicted molar refractivity (Wildman–Crippen MR) is 144 cm³/mol. The first-order valence-electron chi connectivity index (χ1n) is 12.0. The van der Waals surface area contributed by atoms with E-state index in [1.54, 1.807) is 6.20 Å². The molecule has 1 fully saturated rings. The van der Waals surface area contributed by atoms with Crippen LogP contribution in [0.2, 0.25) is 5.02 Å². The number of morpholine rings is 1. The lowest BCUT2D eigenvalue weighted by Gasteiger charge is -2.27. The second-order valence-electron chi connectivity index (χ2n) is 8.72. The van der Waals surface area contributed by atoms with Gasteiger partial charge in [0.1, 0.15) is 0 Å². The SMILES string of the molecule is CC1CCNN=C1c1ccc(Nc2ccc(/C=N/Nc3ncc(F)c(N4CCOCC4)n3)nc2)cc1Cl. The Labute approximate surface area is 219 Å². The minimum Gasteiger partial charge on any atom is -0.378 e.